The van der Waals surface area contributed by atoms with Crippen molar-refractivity contribution in [1.29, 1.82) is 0 Å². The number of benzene rings is 1. The average molecular weight is 254 g/mol. The lowest BCUT2D eigenvalue weighted by molar-refractivity contribution is 0.415. The highest BCUT2D eigenvalue weighted by atomic mass is 16.5. The summed E-state index contributed by atoms with van der Waals surface area (Å²) in [5, 5.41) is 4.53. The molecule has 0 aliphatic heterocycles. The molecule has 0 saturated carbocycles. The number of nitrogens with zero attached hydrogens (tertiary/aromatic N) is 3. The molecule has 5 heteroatoms. The number of aromatic nitrogens is 3. The highest BCUT2D eigenvalue weighted by Gasteiger charge is 2.06. The van der Waals surface area contributed by atoms with Gasteiger partial charge in [0.05, 0.1) is 24.0 Å². The minimum Gasteiger partial charge on any atom is -0.497 e. The Morgan fingerprint density at radius 3 is 2.95 bits per heavy atom. The van der Waals surface area contributed by atoms with Crippen LogP contribution in [0.5, 0.6) is 5.75 Å². The lowest BCUT2D eigenvalue weighted by Gasteiger charge is -2.04. The first kappa shape index (κ1) is 11.7. The molecule has 0 amide bonds. The molecular formula is C14H14N4O. The van der Waals surface area contributed by atoms with Gasteiger partial charge in [0.1, 0.15) is 12.1 Å². The van der Waals surface area contributed by atoms with E-state index in [1.54, 1.807) is 18.0 Å². The van der Waals surface area contributed by atoms with Crippen LogP contribution in [-0.2, 0) is 6.54 Å². The van der Waals surface area contributed by atoms with Gasteiger partial charge in [-0.3, -0.25) is 0 Å². The zero-order valence-electron chi connectivity index (χ0n) is 10.6. The summed E-state index contributed by atoms with van der Waals surface area (Å²) in [6.45, 7) is 0.413. The molecule has 2 aromatic heterocycles. The molecule has 0 atom stereocenters. The van der Waals surface area contributed by atoms with E-state index in [9.17, 15) is 0 Å². The van der Waals surface area contributed by atoms with Crippen molar-refractivity contribution in [1.82, 2.24) is 14.6 Å². The van der Waals surface area contributed by atoms with E-state index >= 15 is 0 Å². The van der Waals surface area contributed by atoms with Crippen LogP contribution >= 0.6 is 0 Å². The molecule has 3 rings (SSSR count). The lowest BCUT2D eigenvalue weighted by atomic mass is 10.1. The first-order valence-electron chi connectivity index (χ1n) is 5.99. The fourth-order valence-electron chi connectivity index (χ4n) is 2.04. The van der Waals surface area contributed by atoms with Gasteiger partial charge in [-0.15, -0.1) is 0 Å². The predicted molar refractivity (Wildman–Crippen MR) is 72.9 cm³/mol. The third-order valence-electron chi connectivity index (χ3n) is 3.04. The van der Waals surface area contributed by atoms with Gasteiger partial charge in [0.15, 0.2) is 0 Å². The summed E-state index contributed by atoms with van der Waals surface area (Å²) in [6, 6.07) is 11.7. The maximum atomic E-state index is 5.63. The number of hydrogen-bond donors (Lipinski definition) is 1. The van der Waals surface area contributed by atoms with Crippen LogP contribution in [0.2, 0.25) is 0 Å². The normalized spacial score (nSPS) is 10.8. The van der Waals surface area contributed by atoms with Crippen molar-refractivity contribution in [2.24, 2.45) is 5.73 Å². The summed E-state index contributed by atoms with van der Waals surface area (Å²) in [4.78, 5) is 4.23. The number of methoxy groups -OCH3 is 1. The van der Waals surface area contributed by atoms with E-state index in [0.717, 1.165) is 28.2 Å². The Morgan fingerprint density at radius 2 is 2.16 bits per heavy atom. The zero-order chi connectivity index (χ0) is 13.2. The molecule has 0 bridgehead atoms. The minimum atomic E-state index is 0.413. The van der Waals surface area contributed by atoms with Gasteiger partial charge in [-0.25, -0.2) is 9.50 Å². The van der Waals surface area contributed by atoms with Crippen LogP contribution in [0.25, 0.3) is 16.8 Å². The summed E-state index contributed by atoms with van der Waals surface area (Å²) in [7, 11) is 1.65. The van der Waals surface area contributed by atoms with Gasteiger partial charge in [-0.2, -0.15) is 5.10 Å². The van der Waals surface area contributed by atoms with Crippen LogP contribution in [0.4, 0.5) is 0 Å². The van der Waals surface area contributed by atoms with Crippen LogP contribution in [-0.4, -0.2) is 21.7 Å². The number of ether oxygens (including phenoxy) is 1. The van der Waals surface area contributed by atoms with Crippen LogP contribution in [0.15, 0.2) is 42.7 Å². The second kappa shape index (κ2) is 4.70. The van der Waals surface area contributed by atoms with E-state index in [0.29, 0.717) is 6.54 Å². The summed E-state index contributed by atoms with van der Waals surface area (Å²) in [6.07, 6.45) is 1.68. The van der Waals surface area contributed by atoms with E-state index in [1.165, 1.54) is 0 Å². The zero-order valence-corrected chi connectivity index (χ0v) is 10.6. The molecule has 1 aromatic carbocycles. The van der Waals surface area contributed by atoms with Gasteiger partial charge >= 0.3 is 0 Å². The molecule has 0 saturated heterocycles. The molecule has 2 heterocycles. The average Bonchev–Trinajstić information content (AvgIpc) is 2.89. The van der Waals surface area contributed by atoms with Crippen molar-refractivity contribution < 1.29 is 4.74 Å². The molecule has 3 aromatic rings. The fourth-order valence-corrected chi connectivity index (χ4v) is 2.04. The Labute approximate surface area is 110 Å². The molecule has 2 N–H and O–H groups in total. The Bertz CT molecular complexity index is 720. The number of nitrogens with two attached hydrogens (primary N) is 1. The van der Waals surface area contributed by atoms with Crippen molar-refractivity contribution >= 4 is 5.52 Å². The topological polar surface area (TPSA) is 65.4 Å². The lowest BCUT2D eigenvalue weighted by Crippen LogP contribution is -1.98. The van der Waals surface area contributed by atoms with Gasteiger partial charge in [-0.05, 0) is 24.3 Å². The SMILES string of the molecule is COc1cccc(-c2ccc3c(CN)ncn3n2)c1. The maximum Gasteiger partial charge on any atom is 0.119 e. The van der Waals surface area contributed by atoms with E-state index in [2.05, 4.69) is 10.1 Å². The Morgan fingerprint density at radius 1 is 1.26 bits per heavy atom. The summed E-state index contributed by atoms with van der Waals surface area (Å²) in [5.74, 6) is 0.813. The van der Waals surface area contributed by atoms with Crippen molar-refractivity contribution in [3.63, 3.8) is 0 Å². The molecule has 96 valence electrons. The first-order valence-corrected chi connectivity index (χ1v) is 5.99. The quantitative estimate of drug-likeness (QED) is 0.774. The Balaban J connectivity index is 2.09. The smallest absolute Gasteiger partial charge is 0.119 e. The van der Waals surface area contributed by atoms with Gasteiger partial charge < -0.3 is 10.5 Å². The molecule has 0 unspecified atom stereocenters. The van der Waals surface area contributed by atoms with Gasteiger partial charge in [0.25, 0.3) is 0 Å². The highest BCUT2D eigenvalue weighted by Crippen LogP contribution is 2.22. The fraction of sp³-hybridized carbons (Fsp3) is 0.143. The number of fused-ring (bicyclic) bond motifs is 1. The van der Waals surface area contributed by atoms with Gasteiger partial charge in [-0.1, -0.05) is 12.1 Å². The standard InChI is InChI=1S/C14H14N4O/c1-19-11-4-2-3-10(7-11)12-5-6-14-13(8-15)16-9-18(14)17-12/h2-7,9H,8,15H2,1H3. The number of imidazole rings is 1. The molecule has 5 nitrogen and oxygen atoms in total. The molecular weight excluding hydrogens is 240 g/mol. The summed E-state index contributed by atoms with van der Waals surface area (Å²) in [5.41, 5.74) is 9.29. The highest BCUT2D eigenvalue weighted by molar-refractivity contribution is 5.63. The maximum absolute atomic E-state index is 5.63. The largest absolute Gasteiger partial charge is 0.497 e. The summed E-state index contributed by atoms with van der Waals surface area (Å²) < 4.78 is 6.97. The molecule has 0 fully saturated rings. The van der Waals surface area contributed by atoms with Crippen molar-refractivity contribution in [2.45, 2.75) is 6.54 Å². The van der Waals surface area contributed by atoms with Crippen LogP contribution < -0.4 is 10.5 Å². The van der Waals surface area contributed by atoms with E-state index in [1.807, 2.05) is 36.4 Å². The molecule has 0 radical (unpaired) electrons. The van der Waals surface area contributed by atoms with Crippen LogP contribution in [0, 0.1) is 0 Å². The minimum absolute atomic E-state index is 0.413. The van der Waals surface area contributed by atoms with Crippen molar-refractivity contribution in [3.05, 3.63) is 48.4 Å². The van der Waals surface area contributed by atoms with E-state index in [-0.39, 0.29) is 0 Å². The molecule has 0 spiro atoms. The third-order valence-corrected chi connectivity index (χ3v) is 3.04. The molecule has 19 heavy (non-hydrogen) atoms. The molecule has 0 aliphatic carbocycles. The molecule has 0 aliphatic rings. The first-order chi connectivity index (χ1) is 9.31. The van der Waals surface area contributed by atoms with Crippen molar-refractivity contribution in [2.75, 3.05) is 7.11 Å². The number of rotatable bonds is 3. The van der Waals surface area contributed by atoms with E-state index < -0.39 is 0 Å². The van der Waals surface area contributed by atoms with Gasteiger partial charge in [0, 0.05) is 12.1 Å². The van der Waals surface area contributed by atoms with Crippen LogP contribution in [0.1, 0.15) is 5.69 Å². The van der Waals surface area contributed by atoms with Crippen molar-refractivity contribution in [3.8, 4) is 17.0 Å². The predicted octanol–water partition coefficient (Wildman–Crippen LogP) is 1.86. The van der Waals surface area contributed by atoms with E-state index in [4.69, 9.17) is 10.5 Å². The Hall–Kier alpha value is -2.40. The van der Waals surface area contributed by atoms with Crippen LogP contribution in [0.3, 0.4) is 0 Å². The van der Waals surface area contributed by atoms with Gasteiger partial charge in [0.2, 0.25) is 0 Å². The third kappa shape index (κ3) is 2.04. The monoisotopic (exact) mass is 254 g/mol. The summed E-state index contributed by atoms with van der Waals surface area (Å²) >= 11 is 0. The number of hydrogen-bond acceptors (Lipinski definition) is 4. The Kier molecular flexibility index (Phi) is 2.89. The second-order valence-corrected chi connectivity index (χ2v) is 4.18. The second-order valence-electron chi connectivity index (χ2n) is 4.18.